The number of rotatable bonds is 6. The van der Waals surface area contributed by atoms with E-state index in [2.05, 4.69) is 8.83 Å². The van der Waals surface area contributed by atoms with Crippen LogP contribution in [0.3, 0.4) is 0 Å². The van der Waals surface area contributed by atoms with E-state index in [1.807, 2.05) is 0 Å². The van der Waals surface area contributed by atoms with Gasteiger partial charge in [-0.2, -0.15) is 17.5 Å². The first-order valence-electron chi connectivity index (χ1n) is 7.18. The monoisotopic (exact) mass is 460 g/mol. The molecule has 2 heterocycles. The normalized spacial score (nSPS) is 31.4. The molecule has 4 atom stereocenters. The number of amides is 1. The Morgan fingerprint density at radius 1 is 1.36 bits per heavy atom. The van der Waals surface area contributed by atoms with Crippen LogP contribution in [0.4, 0.5) is 17.6 Å². The Bertz CT molecular complexity index is 757. The van der Waals surface area contributed by atoms with Gasteiger partial charge in [-0.3, -0.25) is 9.32 Å². The second-order valence-electron chi connectivity index (χ2n) is 5.64. The molecule has 1 saturated heterocycles. The molecule has 162 valence electrons. The van der Waals surface area contributed by atoms with Crippen molar-refractivity contribution in [3.63, 3.8) is 0 Å². The lowest BCUT2D eigenvalue weighted by Crippen LogP contribution is -2.55. The first-order valence-corrected chi connectivity index (χ1v) is 10.2. The van der Waals surface area contributed by atoms with Gasteiger partial charge in [0.1, 0.15) is 18.4 Å². The van der Waals surface area contributed by atoms with Crippen molar-refractivity contribution in [3.05, 3.63) is 11.8 Å². The first-order chi connectivity index (χ1) is 12.5. The summed E-state index contributed by atoms with van der Waals surface area (Å²) in [7, 11) is -10.8. The van der Waals surface area contributed by atoms with Gasteiger partial charge in [-0.25, -0.2) is 13.5 Å². The number of hydrogen-bond acceptors (Lipinski definition) is 8. The van der Waals surface area contributed by atoms with Gasteiger partial charge in [-0.15, -0.1) is 0 Å². The average molecular weight is 460 g/mol. The van der Waals surface area contributed by atoms with Gasteiger partial charge in [-0.05, 0) is 6.42 Å². The molecule has 0 aliphatic carbocycles. The zero-order chi connectivity index (χ0) is 21.5. The fraction of sp³-hybridized carbons (Fsp3) is 0.700. The highest BCUT2D eigenvalue weighted by Gasteiger charge is 2.49. The minimum absolute atomic E-state index is 0.231. The van der Waals surface area contributed by atoms with Gasteiger partial charge >= 0.3 is 21.8 Å². The number of aliphatic hydroxyl groups is 1. The summed E-state index contributed by atoms with van der Waals surface area (Å²) in [6.07, 6.45) is -9.30. The summed E-state index contributed by atoms with van der Waals surface area (Å²) in [4.78, 5) is 37.8. The number of ether oxygens (including phenoxy) is 1. The van der Waals surface area contributed by atoms with E-state index in [1.54, 1.807) is 5.32 Å². The van der Waals surface area contributed by atoms with Crippen molar-refractivity contribution in [2.45, 2.75) is 37.5 Å². The molecule has 1 amide bonds. The van der Waals surface area contributed by atoms with E-state index in [-0.39, 0.29) is 12.6 Å². The van der Waals surface area contributed by atoms with E-state index in [1.165, 1.54) is 0 Å². The molecule has 0 radical (unpaired) electrons. The second kappa shape index (κ2) is 7.63. The summed E-state index contributed by atoms with van der Waals surface area (Å²) in [5, 5.41) is 11.3. The highest BCUT2D eigenvalue weighted by atomic mass is 31.3. The lowest BCUT2D eigenvalue weighted by Gasteiger charge is -2.36. The van der Waals surface area contributed by atoms with Crippen LogP contribution in [0.2, 0.25) is 0 Å². The van der Waals surface area contributed by atoms with E-state index in [0.29, 0.717) is 4.90 Å². The van der Waals surface area contributed by atoms with Crippen LogP contribution in [-0.4, -0.2) is 61.8 Å². The molecule has 18 heteroatoms. The number of phosphoric acid groups is 2. The third-order valence-electron chi connectivity index (χ3n) is 3.47. The van der Waals surface area contributed by atoms with Crippen LogP contribution in [0.25, 0.3) is 0 Å². The topological polar surface area (TPSA) is 175 Å². The first kappa shape index (κ1) is 23.2. The fourth-order valence-corrected chi connectivity index (χ4v) is 3.96. The van der Waals surface area contributed by atoms with Crippen molar-refractivity contribution in [1.29, 1.82) is 0 Å². The molecule has 5 N–H and O–H groups in total. The SMILES string of the molecule is O=C1NC(O)N([C@H]2CC[C@@](F)(COP(=O)(O)OP(=O)(O)O)O2)C=C1C(F)(F)F. The zero-order valence-electron chi connectivity index (χ0n) is 13.4. The van der Waals surface area contributed by atoms with Crippen LogP contribution in [-0.2, 0) is 27.5 Å². The molecular formula is C10H14F4N2O10P2. The smallest absolute Gasteiger partial charge is 0.356 e. The van der Waals surface area contributed by atoms with E-state index in [9.17, 15) is 36.6 Å². The lowest BCUT2D eigenvalue weighted by molar-refractivity contribution is -0.206. The number of nitrogens with one attached hydrogen (secondary N) is 1. The van der Waals surface area contributed by atoms with Crippen LogP contribution < -0.4 is 5.32 Å². The number of carbonyl (C=O) groups is 1. The predicted octanol–water partition coefficient (Wildman–Crippen LogP) is 0.169. The number of halogens is 4. The Kier molecular flexibility index (Phi) is 6.32. The van der Waals surface area contributed by atoms with Gasteiger partial charge < -0.3 is 34.7 Å². The highest BCUT2D eigenvalue weighted by molar-refractivity contribution is 7.60. The number of phosphoric ester groups is 1. The average Bonchev–Trinajstić information content (AvgIpc) is 2.84. The summed E-state index contributed by atoms with van der Waals surface area (Å²) in [6, 6.07) is 0. The minimum atomic E-state index is -5.44. The van der Waals surface area contributed by atoms with Crippen molar-refractivity contribution < 1.29 is 64.8 Å². The maximum Gasteiger partial charge on any atom is 0.481 e. The Labute approximate surface area is 153 Å². The third kappa shape index (κ3) is 5.95. The Morgan fingerprint density at radius 2 is 1.96 bits per heavy atom. The van der Waals surface area contributed by atoms with Crippen molar-refractivity contribution in [1.82, 2.24) is 10.2 Å². The predicted molar refractivity (Wildman–Crippen MR) is 77.0 cm³/mol. The van der Waals surface area contributed by atoms with Crippen molar-refractivity contribution in [2.75, 3.05) is 6.61 Å². The van der Waals surface area contributed by atoms with Crippen molar-refractivity contribution in [2.24, 2.45) is 0 Å². The maximum absolute atomic E-state index is 14.5. The highest BCUT2D eigenvalue weighted by Crippen LogP contribution is 2.58. The minimum Gasteiger partial charge on any atom is -0.356 e. The largest absolute Gasteiger partial charge is 0.481 e. The van der Waals surface area contributed by atoms with Gasteiger partial charge in [0.25, 0.3) is 5.91 Å². The number of aliphatic hydroxyl groups excluding tert-OH is 1. The van der Waals surface area contributed by atoms with E-state index >= 15 is 0 Å². The van der Waals surface area contributed by atoms with Gasteiger partial charge in [0.05, 0.1) is 0 Å². The molecule has 0 bridgehead atoms. The number of alkyl halides is 4. The Hall–Kier alpha value is -1.09. The van der Waals surface area contributed by atoms with Gasteiger partial charge in [-0.1, -0.05) is 0 Å². The fourth-order valence-electron chi connectivity index (χ4n) is 2.34. The quantitative estimate of drug-likeness (QED) is 0.270. The maximum atomic E-state index is 14.5. The third-order valence-corrected chi connectivity index (χ3v) is 5.60. The van der Waals surface area contributed by atoms with Gasteiger partial charge in [0, 0.05) is 12.6 Å². The van der Waals surface area contributed by atoms with Gasteiger partial charge in [0.2, 0.25) is 12.2 Å². The molecule has 0 aromatic carbocycles. The summed E-state index contributed by atoms with van der Waals surface area (Å²) < 4.78 is 87.2. The molecule has 0 saturated carbocycles. The number of nitrogens with zero attached hydrogens (tertiary/aromatic N) is 1. The van der Waals surface area contributed by atoms with Crippen LogP contribution in [0.15, 0.2) is 11.8 Å². The Morgan fingerprint density at radius 3 is 2.50 bits per heavy atom. The number of carbonyl (C=O) groups excluding carboxylic acids is 1. The molecule has 2 unspecified atom stereocenters. The zero-order valence-corrected chi connectivity index (χ0v) is 15.2. The van der Waals surface area contributed by atoms with E-state index in [0.717, 1.165) is 0 Å². The molecular weight excluding hydrogens is 446 g/mol. The molecule has 2 rings (SSSR count). The van der Waals surface area contributed by atoms with E-state index in [4.69, 9.17) is 19.4 Å². The molecule has 0 aromatic rings. The summed E-state index contributed by atoms with van der Waals surface area (Å²) >= 11 is 0. The Balaban J connectivity index is 2.07. The molecule has 0 spiro atoms. The van der Waals surface area contributed by atoms with E-state index < -0.39 is 64.8 Å². The van der Waals surface area contributed by atoms with Crippen LogP contribution >= 0.6 is 15.6 Å². The second-order valence-corrected chi connectivity index (χ2v) is 8.47. The van der Waals surface area contributed by atoms with Crippen LogP contribution in [0.5, 0.6) is 0 Å². The standard InChI is InChI=1S/C10H14F4N2O10P2/c11-9(4-24-28(22,23)26-27(19,20)21)2-1-6(25-9)16-3-5(10(12,13)14)7(17)15-8(16)18/h3,6,8,18H,1-2,4H2,(H,15,17)(H,22,23)(H2,19,20,21)/t6-,8?,9+/m1/s1. The van der Waals surface area contributed by atoms with Crippen LogP contribution in [0, 0.1) is 0 Å². The number of hydrogen-bond donors (Lipinski definition) is 5. The molecule has 1 fully saturated rings. The van der Waals surface area contributed by atoms with Crippen molar-refractivity contribution in [3.8, 4) is 0 Å². The summed E-state index contributed by atoms with van der Waals surface area (Å²) in [6.45, 7) is -1.37. The molecule has 12 nitrogen and oxygen atoms in total. The van der Waals surface area contributed by atoms with Gasteiger partial charge in [0.15, 0.2) is 0 Å². The molecule has 0 aromatic heterocycles. The summed E-state index contributed by atoms with van der Waals surface area (Å²) in [5.74, 6) is -4.48. The molecule has 2 aliphatic heterocycles. The summed E-state index contributed by atoms with van der Waals surface area (Å²) in [5.41, 5.74) is -1.68. The lowest BCUT2D eigenvalue weighted by atomic mass is 10.2. The van der Waals surface area contributed by atoms with Crippen LogP contribution in [0.1, 0.15) is 12.8 Å². The molecule has 28 heavy (non-hydrogen) atoms. The van der Waals surface area contributed by atoms with Crippen molar-refractivity contribution >= 4 is 21.6 Å². The molecule has 2 aliphatic rings.